The van der Waals surface area contributed by atoms with Crippen LogP contribution in [0.3, 0.4) is 0 Å². The van der Waals surface area contributed by atoms with Crippen molar-refractivity contribution in [3.05, 3.63) is 35.0 Å². The van der Waals surface area contributed by atoms with Gasteiger partial charge in [-0.25, -0.2) is 0 Å². The molecule has 1 aromatic heterocycles. The summed E-state index contributed by atoms with van der Waals surface area (Å²) in [7, 11) is 3.59. The first-order chi connectivity index (χ1) is 7.22. The van der Waals surface area contributed by atoms with Gasteiger partial charge in [-0.05, 0) is 17.7 Å². The molecule has 2 rings (SSSR count). The van der Waals surface area contributed by atoms with Crippen LogP contribution in [0.15, 0.2) is 24.4 Å². The molecule has 3 nitrogen and oxygen atoms in total. The SMILES string of the molecule is CONCc1ccc2c(c1)c(Cl)cn2C. The van der Waals surface area contributed by atoms with Gasteiger partial charge in [-0.15, -0.1) is 0 Å². The summed E-state index contributed by atoms with van der Waals surface area (Å²) in [5, 5.41) is 1.86. The third-order valence-corrected chi connectivity index (χ3v) is 2.73. The van der Waals surface area contributed by atoms with E-state index in [1.165, 1.54) is 0 Å². The van der Waals surface area contributed by atoms with Crippen molar-refractivity contribution < 1.29 is 4.84 Å². The summed E-state index contributed by atoms with van der Waals surface area (Å²) in [5.74, 6) is 0. The zero-order valence-electron chi connectivity index (χ0n) is 8.75. The summed E-state index contributed by atoms with van der Waals surface area (Å²) in [4.78, 5) is 4.81. The second-order valence-corrected chi connectivity index (χ2v) is 3.87. The summed E-state index contributed by atoms with van der Waals surface area (Å²) in [6, 6.07) is 6.20. The van der Waals surface area contributed by atoms with E-state index in [-0.39, 0.29) is 0 Å². The number of hydroxylamine groups is 1. The second kappa shape index (κ2) is 4.23. The van der Waals surface area contributed by atoms with Crippen molar-refractivity contribution in [3.8, 4) is 0 Å². The van der Waals surface area contributed by atoms with Crippen LogP contribution in [-0.4, -0.2) is 11.7 Å². The van der Waals surface area contributed by atoms with Crippen molar-refractivity contribution >= 4 is 22.5 Å². The number of aryl methyl sites for hydroxylation is 1. The fraction of sp³-hybridized carbons (Fsp3) is 0.273. The molecule has 4 heteroatoms. The molecule has 0 aliphatic carbocycles. The molecule has 1 N–H and O–H groups in total. The average Bonchev–Trinajstić information content (AvgIpc) is 2.52. The number of aromatic nitrogens is 1. The number of rotatable bonds is 3. The van der Waals surface area contributed by atoms with Gasteiger partial charge in [0.15, 0.2) is 0 Å². The van der Waals surface area contributed by atoms with Gasteiger partial charge >= 0.3 is 0 Å². The Morgan fingerprint density at radius 3 is 3.00 bits per heavy atom. The molecule has 80 valence electrons. The van der Waals surface area contributed by atoms with Crippen LogP contribution in [0.25, 0.3) is 10.9 Å². The van der Waals surface area contributed by atoms with E-state index in [1.807, 2.05) is 17.8 Å². The zero-order valence-corrected chi connectivity index (χ0v) is 9.51. The van der Waals surface area contributed by atoms with Crippen LogP contribution < -0.4 is 5.48 Å². The minimum Gasteiger partial charge on any atom is -0.349 e. The van der Waals surface area contributed by atoms with Gasteiger partial charge in [0.05, 0.1) is 12.1 Å². The maximum absolute atomic E-state index is 6.11. The average molecular weight is 225 g/mol. The molecule has 0 amide bonds. The van der Waals surface area contributed by atoms with Crippen LogP contribution in [0.1, 0.15) is 5.56 Å². The fourth-order valence-electron chi connectivity index (χ4n) is 1.66. The molecule has 0 aliphatic rings. The maximum atomic E-state index is 6.11. The molecular formula is C11H13ClN2O. The Kier molecular flexibility index (Phi) is 2.95. The molecule has 0 aliphatic heterocycles. The van der Waals surface area contributed by atoms with Crippen LogP contribution in [0.4, 0.5) is 0 Å². The van der Waals surface area contributed by atoms with Gasteiger partial charge in [-0.3, -0.25) is 0 Å². The zero-order chi connectivity index (χ0) is 10.8. The Morgan fingerprint density at radius 2 is 2.27 bits per heavy atom. The minimum absolute atomic E-state index is 0.678. The predicted molar refractivity (Wildman–Crippen MR) is 61.8 cm³/mol. The number of hydrogen-bond donors (Lipinski definition) is 1. The van der Waals surface area contributed by atoms with Crippen molar-refractivity contribution in [2.45, 2.75) is 6.54 Å². The van der Waals surface area contributed by atoms with Crippen molar-refractivity contribution in [2.24, 2.45) is 7.05 Å². The van der Waals surface area contributed by atoms with Crippen LogP contribution in [0, 0.1) is 0 Å². The molecule has 0 unspecified atom stereocenters. The molecule has 0 saturated carbocycles. The number of benzene rings is 1. The Labute approximate surface area is 93.5 Å². The Morgan fingerprint density at radius 1 is 1.47 bits per heavy atom. The topological polar surface area (TPSA) is 26.2 Å². The van der Waals surface area contributed by atoms with E-state index < -0.39 is 0 Å². The van der Waals surface area contributed by atoms with E-state index in [0.29, 0.717) is 6.54 Å². The van der Waals surface area contributed by atoms with Crippen LogP contribution in [-0.2, 0) is 18.4 Å². The molecule has 15 heavy (non-hydrogen) atoms. The molecule has 0 bridgehead atoms. The normalized spacial score (nSPS) is 11.1. The number of halogens is 1. The quantitative estimate of drug-likeness (QED) is 0.811. The Hall–Kier alpha value is -1.03. The largest absolute Gasteiger partial charge is 0.349 e. The lowest BCUT2D eigenvalue weighted by molar-refractivity contribution is 0.0867. The lowest BCUT2D eigenvalue weighted by atomic mass is 10.1. The van der Waals surface area contributed by atoms with Crippen molar-refractivity contribution in [3.63, 3.8) is 0 Å². The molecule has 0 atom stereocenters. The maximum Gasteiger partial charge on any atom is 0.0661 e. The first kappa shape index (κ1) is 10.5. The van der Waals surface area contributed by atoms with E-state index >= 15 is 0 Å². The summed E-state index contributed by atoms with van der Waals surface area (Å²) in [6.45, 7) is 0.678. The first-order valence-electron chi connectivity index (χ1n) is 4.71. The highest BCUT2D eigenvalue weighted by Crippen LogP contribution is 2.25. The van der Waals surface area contributed by atoms with E-state index in [4.69, 9.17) is 16.4 Å². The van der Waals surface area contributed by atoms with Crippen molar-refractivity contribution in [2.75, 3.05) is 7.11 Å². The summed E-state index contributed by atoms with van der Waals surface area (Å²) in [5.41, 5.74) is 5.10. The summed E-state index contributed by atoms with van der Waals surface area (Å²) >= 11 is 6.11. The van der Waals surface area contributed by atoms with E-state index in [2.05, 4.69) is 23.7 Å². The molecular weight excluding hydrogens is 212 g/mol. The Bertz CT molecular complexity index is 479. The van der Waals surface area contributed by atoms with Crippen LogP contribution in [0.5, 0.6) is 0 Å². The Balaban J connectivity index is 2.41. The van der Waals surface area contributed by atoms with Crippen molar-refractivity contribution in [1.29, 1.82) is 0 Å². The number of nitrogens with zero attached hydrogens (tertiary/aromatic N) is 1. The molecule has 0 radical (unpaired) electrons. The molecule has 2 aromatic rings. The standard InChI is InChI=1S/C11H13ClN2O/c1-14-7-10(12)9-5-8(6-13-15-2)3-4-11(9)14/h3-5,7,13H,6H2,1-2H3. The van der Waals surface area contributed by atoms with Crippen molar-refractivity contribution in [1.82, 2.24) is 10.0 Å². The minimum atomic E-state index is 0.678. The first-order valence-corrected chi connectivity index (χ1v) is 5.09. The lowest BCUT2D eigenvalue weighted by Gasteiger charge is -2.03. The highest BCUT2D eigenvalue weighted by molar-refractivity contribution is 6.35. The number of hydrogen-bond acceptors (Lipinski definition) is 2. The summed E-state index contributed by atoms with van der Waals surface area (Å²) in [6.07, 6.45) is 1.92. The summed E-state index contributed by atoms with van der Waals surface area (Å²) < 4.78 is 2.02. The highest BCUT2D eigenvalue weighted by Gasteiger charge is 2.04. The van der Waals surface area contributed by atoms with E-state index in [1.54, 1.807) is 7.11 Å². The van der Waals surface area contributed by atoms with Gasteiger partial charge in [0.25, 0.3) is 0 Å². The molecule has 0 spiro atoms. The molecule has 1 aromatic carbocycles. The molecule has 1 heterocycles. The van der Waals surface area contributed by atoms with Gasteiger partial charge in [0, 0.05) is 30.7 Å². The van der Waals surface area contributed by atoms with E-state index in [9.17, 15) is 0 Å². The van der Waals surface area contributed by atoms with Gasteiger partial charge in [-0.1, -0.05) is 17.7 Å². The molecule has 0 fully saturated rings. The third kappa shape index (κ3) is 2.00. The van der Waals surface area contributed by atoms with Crippen LogP contribution in [0.2, 0.25) is 5.02 Å². The number of nitrogens with one attached hydrogen (secondary N) is 1. The van der Waals surface area contributed by atoms with Gasteiger partial charge in [0.2, 0.25) is 0 Å². The fourth-order valence-corrected chi connectivity index (χ4v) is 1.95. The highest BCUT2D eigenvalue weighted by atomic mass is 35.5. The smallest absolute Gasteiger partial charge is 0.0661 e. The van der Waals surface area contributed by atoms with Gasteiger partial charge in [0.1, 0.15) is 0 Å². The lowest BCUT2D eigenvalue weighted by Crippen LogP contribution is -2.10. The number of fused-ring (bicyclic) bond motifs is 1. The van der Waals surface area contributed by atoms with Gasteiger partial charge in [-0.2, -0.15) is 5.48 Å². The van der Waals surface area contributed by atoms with E-state index in [0.717, 1.165) is 21.5 Å². The monoisotopic (exact) mass is 224 g/mol. The second-order valence-electron chi connectivity index (χ2n) is 3.46. The van der Waals surface area contributed by atoms with Crippen LogP contribution >= 0.6 is 11.6 Å². The predicted octanol–water partition coefficient (Wildman–Crippen LogP) is 2.48. The third-order valence-electron chi connectivity index (χ3n) is 2.43. The molecule has 0 saturated heterocycles. The van der Waals surface area contributed by atoms with Gasteiger partial charge < -0.3 is 9.40 Å².